The van der Waals surface area contributed by atoms with Gasteiger partial charge in [0.1, 0.15) is 23.7 Å². The third-order valence-corrected chi connectivity index (χ3v) is 9.02. The van der Waals surface area contributed by atoms with Crippen molar-refractivity contribution in [3.05, 3.63) is 51.2 Å². The number of aromatic carboxylic acids is 1. The topological polar surface area (TPSA) is 170 Å². The van der Waals surface area contributed by atoms with Gasteiger partial charge >= 0.3 is 18.0 Å². The molecule has 0 unspecified atom stereocenters. The van der Waals surface area contributed by atoms with Gasteiger partial charge in [-0.3, -0.25) is 9.59 Å². The lowest BCUT2D eigenvalue weighted by molar-refractivity contribution is -0.163. The fourth-order valence-corrected chi connectivity index (χ4v) is 6.60. The Morgan fingerprint density at radius 3 is 2.33 bits per heavy atom. The molecule has 3 aliphatic heterocycles. The molecular formula is C29H31FN4O9. The third-order valence-electron chi connectivity index (χ3n) is 9.02. The number of carbonyl (C=O) groups excluding carboxylic acids is 2. The Labute approximate surface area is 244 Å². The highest BCUT2D eigenvalue weighted by molar-refractivity contribution is 6.00. The summed E-state index contributed by atoms with van der Waals surface area (Å²) in [5, 5.41) is 29.2. The van der Waals surface area contributed by atoms with E-state index in [2.05, 4.69) is 0 Å². The van der Waals surface area contributed by atoms with Crippen molar-refractivity contribution in [2.45, 2.75) is 44.9 Å². The predicted octanol–water partition coefficient (Wildman–Crippen LogP) is 1.63. The molecule has 2 aromatic rings. The number of hydrogen-bond acceptors (Lipinski definition) is 8. The Kier molecular flexibility index (Phi) is 6.91. The van der Waals surface area contributed by atoms with Gasteiger partial charge in [-0.1, -0.05) is 6.92 Å². The normalized spacial score (nSPS) is 24.2. The van der Waals surface area contributed by atoms with Gasteiger partial charge < -0.3 is 39.3 Å². The Morgan fingerprint density at radius 2 is 1.74 bits per heavy atom. The molecule has 1 saturated carbocycles. The lowest BCUT2D eigenvalue weighted by Crippen LogP contribution is -2.63. The lowest BCUT2D eigenvalue weighted by atomic mass is 9.78. The number of carbonyl (C=O) groups is 4. The van der Waals surface area contributed by atoms with Crippen molar-refractivity contribution >= 4 is 40.5 Å². The zero-order chi connectivity index (χ0) is 30.9. The first-order valence-corrected chi connectivity index (χ1v) is 14.2. The highest BCUT2D eigenvalue weighted by Crippen LogP contribution is 2.47. The number of carboxylic acid groups (broad SMARTS) is 2. The van der Waals surface area contributed by atoms with E-state index >= 15 is 4.39 Å². The number of aliphatic hydroxyl groups excluding tert-OH is 1. The van der Waals surface area contributed by atoms with Gasteiger partial charge in [0, 0.05) is 55.3 Å². The number of amides is 2. The maximum Gasteiger partial charge on any atom is 0.410 e. The molecule has 0 bridgehead atoms. The van der Waals surface area contributed by atoms with Crippen LogP contribution < -0.4 is 10.3 Å². The van der Waals surface area contributed by atoms with Gasteiger partial charge in [0.05, 0.1) is 29.3 Å². The summed E-state index contributed by atoms with van der Waals surface area (Å²) in [5.74, 6) is -4.98. The van der Waals surface area contributed by atoms with Crippen LogP contribution in [0.2, 0.25) is 0 Å². The zero-order valence-electron chi connectivity index (χ0n) is 23.5. The number of hydrogen-bond donors (Lipinski definition) is 3. The molecule has 0 spiro atoms. The number of fused-ring (bicyclic) bond motifs is 2. The van der Waals surface area contributed by atoms with E-state index in [0.717, 1.165) is 23.8 Å². The molecule has 1 aromatic heterocycles. The summed E-state index contributed by atoms with van der Waals surface area (Å²) in [6.07, 6.45) is 1.34. The highest BCUT2D eigenvalue weighted by atomic mass is 19.1. The zero-order valence-corrected chi connectivity index (χ0v) is 23.5. The molecule has 4 heterocycles. The number of rotatable bonds is 7. The molecule has 13 nitrogen and oxygen atoms in total. The molecule has 4 atom stereocenters. The van der Waals surface area contributed by atoms with Crippen molar-refractivity contribution in [3.8, 4) is 0 Å². The second kappa shape index (κ2) is 10.4. The number of aliphatic hydroxyl groups is 1. The largest absolute Gasteiger partial charge is 0.477 e. The number of halogens is 1. The van der Waals surface area contributed by atoms with Crippen LogP contribution in [0.4, 0.5) is 14.9 Å². The molecule has 6 rings (SSSR count). The van der Waals surface area contributed by atoms with Crippen LogP contribution in [0.1, 0.15) is 43.1 Å². The number of pyridine rings is 1. The van der Waals surface area contributed by atoms with Crippen LogP contribution in [0.25, 0.3) is 10.9 Å². The number of nitrogens with zero attached hydrogens (tertiary/aromatic N) is 4. The minimum atomic E-state index is -1.37. The van der Waals surface area contributed by atoms with Crippen molar-refractivity contribution < 1.29 is 43.6 Å². The molecule has 43 heavy (non-hydrogen) atoms. The first-order chi connectivity index (χ1) is 20.4. The molecular weight excluding hydrogens is 567 g/mol. The molecule has 2 saturated heterocycles. The summed E-state index contributed by atoms with van der Waals surface area (Å²) in [6, 6.07) is 2.15. The summed E-state index contributed by atoms with van der Waals surface area (Å²) in [5.41, 5.74) is -0.391. The molecule has 3 fully saturated rings. The number of aromatic nitrogens is 1. The van der Waals surface area contributed by atoms with E-state index in [0.29, 0.717) is 11.1 Å². The van der Waals surface area contributed by atoms with E-state index in [1.807, 2.05) is 0 Å². The Balaban J connectivity index is 1.15. The van der Waals surface area contributed by atoms with E-state index in [9.17, 15) is 39.3 Å². The molecule has 2 amide bonds. The van der Waals surface area contributed by atoms with Gasteiger partial charge in [0.15, 0.2) is 0 Å². The Bertz CT molecular complexity index is 1660. The minimum Gasteiger partial charge on any atom is -0.477 e. The molecule has 4 aliphatic rings. The fraction of sp³-hybridized carbons (Fsp3) is 0.483. The SMILES string of the molecule is C[C@@H](O)[C@H]1C(=O)N2C(C(=O)O)=C(COC(=O)N3CCN(c4cc5c(cc4F)c(=O)c(C(=O)O)cn5C4CC4)CC3)[C@H](C)[C@H]12. The van der Waals surface area contributed by atoms with Gasteiger partial charge in [-0.15, -0.1) is 0 Å². The van der Waals surface area contributed by atoms with E-state index in [1.54, 1.807) is 22.5 Å². The summed E-state index contributed by atoms with van der Waals surface area (Å²) in [6.45, 7) is 3.75. The van der Waals surface area contributed by atoms with Gasteiger partial charge in [0.25, 0.3) is 0 Å². The Hall–Kier alpha value is -4.46. The summed E-state index contributed by atoms with van der Waals surface area (Å²) >= 11 is 0. The van der Waals surface area contributed by atoms with Crippen LogP contribution in [0.5, 0.6) is 0 Å². The monoisotopic (exact) mass is 598 g/mol. The molecule has 1 aliphatic carbocycles. The van der Waals surface area contributed by atoms with E-state index < -0.39 is 64.7 Å². The third kappa shape index (κ3) is 4.60. The highest BCUT2D eigenvalue weighted by Gasteiger charge is 2.60. The van der Waals surface area contributed by atoms with Crippen molar-refractivity contribution in [3.63, 3.8) is 0 Å². The van der Waals surface area contributed by atoms with Gasteiger partial charge in [-0.05, 0) is 31.9 Å². The quantitative estimate of drug-likeness (QED) is 0.398. The minimum absolute atomic E-state index is 0.00216. The standard InChI is InChI=1S/C29H31FN4O9/c1-13-18(24(28(40)41)34-23(13)22(14(2)35)26(34)37)12-43-29(42)32-7-5-31(6-8-32)21-10-20-16(9-19(21)30)25(36)17(27(38)39)11-33(20)15-3-4-15/h9-11,13-15,22-23,35H,3-8,12H2,1-2H3,(H,38,39)(H,40,41)/t13-,14+,22+,23+/m0/s1. The van der Waals surface area contributed by atoms with Gasteiger partial charge in [0.2, 0.25) is 11.3 Å². The molecule has 0 radical (unpaired) electrons. The maximum atomic E-state index is 15.3. The number of piperazine rings is 1. The number of benzene rings is 1. The molecule has 3 N–H and O–H groups in total. The number of aliphatic carboxylic acids is 1. The molecule has 1 aromatic carbocycles. The lowest BCUT2D eigenvalue weighted by Gasteiger charge is -2.46. The molecule has 14 heteroatoms. The van der Waals surface area contributed by atoms with Crippen molar-refractivity contribution in [1.82, 2.24) is 14.4 Å². The van der Waals surface area contributed by atoms with E-state index in [1.165, 1.54) is 18.0 Å². The van der Waals surface area contributed by atoms with Crippen LogP contribution in [0.3, 0.4) is 0 Å². The molecule has 228 valence electrons. The second-order valence-corrected chi connectivity index (χ2v) is 11.6. The second-order valence-electron chi connectivity index (χ2n) is 11.6. The van der Waals surface area contributed by atoms with Crippen molar-refractivity contribution in [2.75, 3.05) is 37.7 Å². The van der Waals surface area contributed by atoms with Crippen molar-refractivity contribution in [2.24, 2.45) is 11.8 Å². The van der Waals surface area contributed by atoms with Gasteiger partial charge in [-0.2, -0.15) is 0 Å². The van der Waals surface area contributed by atoms with E-state index in [-0.39, 0.29) is 55.6 Å². The van der Waals surface area contributed by atoms with Crippen LogP contribution >= 0.6 is 0 Å². The van der Waals surface area contributed by atoms with E-state index in [4.69, 9.17) is 4.74 Å². The Morgan fingerprint density at radius 1 is 1.07 bits per heavy atom. The average Bonchev–Trinajstić information content (AvgIpc) is 3.76. The number of carboxylic acids is 2. The summed E-state index contributed by atoms with van der Waals surface area (Å²) in [7, 11) is 0. The van der Waals surface area contributed by atoms with Crippen LogP contribution in [0, 0.1) is 17.7 Å². The smallest absolute Gasteiger partial charge is 0.410 e. The number of ether oxygens (including phenoxy) is 1. The maximum absolute atomic E-state index is 15.3. The van der Waals surface area contributed by atoms with Crippen LogP contribution in [0.15, 0.2) is 34.4 Å². The van der Waals surface area contributed by atoms with Crippen molar-refractivity contribution in [1.29, 1.82) is 0 Å². The van der Waals surface area contributed by atoms with Crippen LogP contribution in [-0.4, -0.2) is 98.6 Å². The van der Waals surface area contributed by atoms with Gasteiger partial charge in [-0.25, -0.2) is 18.8 Å². The fourth-order valence-electron chi connectivity index (χ4n) is 6.60. The average molecular weight is 599 g/mol. The van der Waals surface area contributed by atoms with Crippen LogP contribution in [-0.2, 0) is 14.3 Å². The number of β-lactam (4-membered cyclic amide) rings is 1. The summed E-state index contributed by atoms with van der Waals surface area (Å²) < 4.78 is 22.5. The predicted molar refractivity (Wildman–Crippen MR) is 148 cm³/mol. The number of anilines is 1. The first-order valence-electron chi connectivity index (χ1n) is 14.2. The first kappa shape index (κ1) is 28.6. The summed E-state index contributed by atoms with van der Waals surface area (Å²) in [4.78, 5) is 66.1.